The van der Waals surface area contributed by atoms with Crippen LogP contribution < -0.4 is 9.47 Å². The molecule has 4 aromatic carbocycles. The van der Waals surface area contributed by atoms with E-state index < -0.39 is 0 Å². The summed E-state index contributed by atoms with van der Waals surface area (Å²) >= 11 is 0. The van der Waals surface area contributed by atoms with Crippen molar-refractivity contribution < 1.29 is 9.47 Å². The molecule has 4 nitrogen and oxygen atoms in total. The molecule has 4 heteroatoms. The minimum Gasteiger partial charge on any atom is -0.497 e. The van der Waals surface area contributed by atoms with Crippen LogP contribution in [0.2, 0.25) is 0 Å². The third-order valence-electron chi connectivity index (χ3n) is 5.53. The van der Waals surface area contributed by atoms with Gasteiger partial charge in [-0.15, -0.1) is 0 Å². The van der Waals surface area contributed by atoms with Crippen LogP contribution in [0.4, 0.5) is 0 Å². The van der Waals surface area contributed by atoms with E-state index in [1.54, 1.807) is 7.11 Å². The maximum atomic E-state index is 6.09. The van der Waals surface area contributed by atoms with E-state index in [1.165, 1.54) is 10.8 Å². The smallest absolute Gasteiger partial charge is 0.133 e. The lowest BCUT2D eigenvalue weighted by atomic mass is 10.1. The van der Waals surface area contributed by atoms with Gasteiger partial charge in [0.05, 0.1) is 24.7 Å². The molecule has 0 spiro atoms. The highest BCUT2D eigenvalue weighted by Gasteiger charge is 2.08. The number of nitrogens with zero attached hydrogens (tertiary/aromatic N) is 2. The number of hydrogen-bond acceptors (Lipinski definition) is 3. The van der Waals surface area contributed by atoms with Gasteiger partial charge in [-0.2, -0.15) is 0 Å². The molecule has 0 aliphatic rings. The molecular formula is C28H24N2O2. The molecular weight excluding hydrogens is 396 g/mol. The molecule has 5 aromatic rings. The molecule has 158 valence electrons. The Morgan fingerprint density at radius 1 is 0.781 bits per heavy atom. The fraction of sp³-hybridized carbons (Fsp3) is 0.107. The minimum absolute atomic E-state index is 0.558. The van der Waals surface area contributed by atoms with Gasteiger partial charge in [-0.25, -0.2) is 4.98 Å². The Kier molecular flexibility index (Phi) is 5.58. The molecule has 0 amide bonds. The van der Waals surface area contributed by atoms with Gasteiger partial charge < -0.3 is 14.0 Å². The van der Waals surface area contributed by atoms with Crippen molar-refractivity contribution in [2.24, 2.45) is 0 Å². The van der Waals surface area contributed by atoms with Crippen molar-refractivity contribution in [2.75, 3.05) is 13.7 Å². The molecule has 0 aliphatic heterocycles. The molecule has 0 unspecified atom stereocenters. The maximum Gasteiger partial charge on any atom is 0.133 e. The van der Waals surface area contributed by atoms with Crippen LogP contribution in [0.1, 0.15) is 11.4 Å². The SMILES string of the molecule is COc1ccc(/C=C/c2nc3ccccc3n2CCOc2ccc3ccccc3c2)cc1. The van der Waals surface area contributed by atoms with Gasteiger partial charge in [0.15, 0.2) is 0 Å². The van der Waals surface area contributed by atoms with Crippen molar-refractivity contribution in [3.63, 3.8) is 0 Å². The Morgan fingerprint density at radius 2 is 1.53 bits per heavy atom. The van der Waals surface area contributed by atoms with Gasteiger partial charge in [-0.3, -0.25) is 0 Å². The molecule has 1 aromatic heterocycles. The summed E-state index contributed by atoms with van der Waals surface area (Å²) in [5.74, 6) is 2.63. The number of aromatic nitrogens is 2. The Bertz CT molecular complexity index is 1380. The highest BCUT2D eigenvalue weighted by molar-refractivity contribution is 5.83. The minimum atomic E-state index is 0.558. The number of methoxy groups -OCH3 is 1. The third-order valence-corrected chi connectivity index (χ3v) is 5.53. The highest BCUT2D eigenvalue weighted by atomic mass is 16.5. The highest BCUT2D eigenvalue weighted by Crippen LogP contribution is 2.22. The lowest BCUT2D eigenvalue weighted by molar-refractivity contribution is 0.300. The van der Waals surface area contributed by atoms with Crippen LogP contribution in [0.3, 0.4) is 0 Å². The van der Waals surface area contributed by atoms with Gasteiger partial charge in [-0.05, 0) is 58.8 Å². The first-order valence-electron chi connectivity index (χ1n) is 10.7. The van der Waals surface area contributed by atoms with Crippen molar-refractivity contribution >= 4 is 34.0 Å². The molecule has 0 fully saturated rings. The maximum absolute atomic E-state index is 6.09. The second kappa shape index (κ2) is 8.98. The van der Waals surface area contributed by atoms with Gasteiger partial charge in [0.2, 0.25) is 0 Å². The summed E-state index contributed by atoms with van der Waals surface area (Å²) in [5, 5.41) is 2.40. The van der Waals surface area contributed by atoms with Crippen LogP contribution in [0.25, 0.3) is 34.0 Å². The molecule has 0 radical (unpaired) electrons. The van der Waals surface area contributed by atoms with Crippen molar-refractivity contribution in [3.8, 4) is 11.5 Å². The van der Waals surface area contributed by atoms with E-state index in [0.717, 1.165) is 33.9 Å². The molecule has 32 heavy (non-hydrogen) atoms. The summed E-state index contributed by atoms with van der Waals surface area (Å²) in [6, 6.07) is 30.7. The van der Waals surface area contributed by atoms with Crippen LogP contribution >= 0.6 is 0 Å². The largest absolute Gasteiger partial charge is 0.497 e. The van der Waals surface area contributed by atoms with Crippen LogP contribution in [-0.2, 0) is 6.54 Å². The first-order valence-corrected chi connectivity index (χ1v) is 10.7. The number of hydrogen-bond donors (Lipinski definition) is 0. The zero-order chi connectivity index (χ0) is 21.8. The van der Waals surface area contributed by atoms with E-state index in [-0.39, 0.29) is 0 Å². The zero-order valence-corrected chi connectivity index (χ0v) is 17.9. The summed E-state index contributed by atoms with van der Waals surface area (Å²) in [5.41, 5.74) is 3.17. The average molecular weight is 421 g/mol. The topological polar surface area (TPSA) is 36.3 Å². The predicted molar refractivity (Wildman–Crippen MR) is 131 cm³/mol. The van der Waals surface area contributed by atoms with E-state index in [0.29, 0.717) is 13.2 Å². The lowest BCUT2D eigenvalue weighted by Crippen LogP contribution is -2.09. The summed E-state index contributed by atoms with van der Waals surface area (Å²) < 4.78 is 13.5. The molecule has 0 aliphatic carbocycles. The van der Waals surface area contributed by atoms with Crippen LogP contribution in [0.15, 0.2) is 91.0 Å². The van der Waals surface area contributed by atoms with E-state index in [4.69, 9.17) is 14.5 Å². The molecule has 0 N–H and O–H groups in total. The van der Waals surface area contributed by atoms with Crippen molar-refractivity contribution in [1.29, 1.82) is 0 Å². The summed E-state index contributed by atoms with van der Waals surface area (Å²) in [6.45, 7) is 1.26. The Morgan fingerprint density at radius 3 is 2.38 bits per heavy atom. The van der Waals surface area contributed by atoms with Crippen molar-refractivity contribution in [3.05, 3.63) is 102 Å². The van der Waals surface area contributed by atoms with Crippen LogP contribution in [0.5, 0.6) is 11.5 Å². The molecule has 0 atom stereocenters. The Labute approximate surface area is 187 Å². The fourth-order valence-corrected chi connectivity index (χ4v) is 3.85. The second-order valence-electron chi connectivity index (χ2n) is 7.57. The quantitative estimate of drug-likeness (QED) is 0.304. The number of benzene rings is 4. The van der Waals surface area contributed by atoms with Crippen LogP contribution in [-0.4, -0.2) is 23.3 Å². The van der Waals surface area contributed by atoms with E-state index in [1.807, 2.05) is 60.7 Å². The molecule has 5 rings (SSSR count). The average Bonchev–Trinajstić information content (AvgIpc) is 3.20. The first-order chi connectivity index (χ1) is 15.8. The van der Waals surface area contributed by atoms with E-state index >= 15 is 0 Å². The van der Waals surface area contributed by atoms with E-state index in [2.05, 4.69) is 47.1 Å². The number of rotatable bonds is 7. The number of ether oxygens (including phenoxy) is 2. The summed E-state index contributed by atoms with van der Waals surface area (Å²) in [6.07, 6.45) is 4.12. The Balaban J connectivity index is 1.36. The standard InChI is InChI=1S/C28H24N2O2/c1-31-24-14-10-21(11-15-24)12-17-28-29-26-8-4-5-9-27(26)30(28)18-19-32-25-16-13-22-6-2-3-7-23(22)20-25/h2-17,20H,18-19H2,1H3/b17-12+. The van der Waals surface area contributed by atoms with Gasteiger partial charge in [0, 0.05) is 0 Å². The first kappa shape index (κ1) is 19.9. The lowest BCUT2D eigenvalue weighted by Gasteiger charge is -2.10. The van der Waals surface area contributed by atoms with Crippen LogP contribution in [0, 0.1) is 0 Å². The fourth-order valence-electron chi connectivity index (χ4n) is 3.85. The van der Waals surface area contributed by atoms with Gasteiger partial charge in [0.1, 0.15) is 23.9 Å². The van der Waals surface area contributed by atoms with Gasteiger partial charge in [-0.1, -0.05) is 60.7 Å². The molecule has 1 heterocycles. The summed E-state index contributed by atoms with van der Waals surface area (Å²) in [4.78, 5) is 4.82. The van der Waals surface area contributed by atoms with Gasteiger partial charge in [0.25, 0.3) is 0 Å². The normalized spacial score (nSPS) is 11.4. The zero-order valence-electron chi connectivity index (χ0n) is 17.9. The van der Waals surface area contributed by atoms with Crippen molar-refractivity contribution in [1.82, 2.24) is 9.55 Å². The monoisotopic (exact) mass is 420 g/mol. The molecule has 0 saturated carbocycles. The summed E-state index contributed by atoms with van der Waals surface area (Å²) in [7, 11) is 1.67. The third kappa shape index (κ3) is 4.21. The Hall–Kier alpha value is -4.05. The molecule has 0 saturated heterocycles. The second-order valence-corrected chi connectivity index (χ2v) is 7.57. The molecule has 0 bridgehead atoms. The van der Waals surface area contributed by atoms with Gasteiger partial charge >= 0.3 is 0 Å². The predicted octanol–water partition coefficient (Wildman–Crippen LogP) is 6.45. The van der Waals surface area contributed by atoms with Crippen molar-refractivity contribution in [2.45, 2.75) is 6.54 Å². The number of fused-ring (bicyclic) bond motifs is 2. The van der Waals surface area contributed by atoms with E-state index in [9.17, 15) is 0 Å². The number of para-hydroxylation sites is 2. The number of imidazole rings is 1.